The molecular formula is C28H29F7N6O3. The Labute approximate surface area is 245 Å². The summed E-state index contributed by atoms with van der Waals surface area (Å²) >= 11 is 0. The van der Waals surface area contributed by atoms with Crippen LogP contribution in [0.15, 0.2) is 29.1 Å². The number of hydrogen-bond acceptors (Lipinski definition) is 6. The molecule has 0 bridgehead atoms. The topological polar surface area (TPSA) is 114 Å². The number of nitrogens with zero attached hydrogens (tertiary/aromatic N) is 4. The first-order valence-electron chi connectivity index (χ1n) is 14.4. The molecule has 0 spiro atoms. The third-order valence-corrected chi connectivity index (χ3v) is 8.93. The molecule has 1 saturated heterocycles. The minimum atomic E-state index is -4.44. The lowest BCUT2D eigenvalue weighted by Gasteiger charge is -2.34. The predicted octanol–water partition coefficient (Wildman–Crippen LogP) is 5.38. The van der Waals surface area contributed by atoms with Crippen LogP contribution in [0.4, 0.5) is 30.7 Å². The fourth-order valence-corrected chi connectivity index (χ4v) is 6.39. The number of hydrogen-bond donors (Lipinski definition) is 2. The van der Waals surface area contributed by atoms with Gasteiger partial charge in [-0.1, -0.05) is 5.16 Å². The zero-order valence-corrected chi connectivity index (χ0v) is 23.2. The first kappa shape index (κ1) is 30.3. The van der Waals surface area contributed by atoms with E-state index < -0.39 is 91.8 Å². The molecule has 6 rings (SSSR count). The Bertz CT molecular complexity index is 1540. The molecule has 2 unspecified atom stereocenters. The van der Waals surface area contributed by atoms with E-state index in [0.29, 0.717) is 17.0 Å². The van der Waals surface area contributed by atoms with Crippen molar-refractivity contribution in [1.82, 2.24) is 30.4 Å². The van der Waals surface area contributed by atoms with Crippen LogP contribution in [0, 0.1) is 17.8 Å². The third kappa shape index (κ3) is 6.25. The summed E-state index contributed by atoms with van der Waals surface area (Å²) in [5.41, 5.74) is 1.05. The van der Waals surface area contributed by atoms with Gasteiger partial charge in [0.05, 0.1) is 35.2 Å². The van der Waals surface area contributed by atoms with Crippen LogP contribution in [0.5, 0.6) is 0 Å². The van der Waals surface area contributed by atoms with Crippen LogP contribution in [0.1, 0.15) is 84.3 Å². The van der Waals surface area contributed by atoms with E-state index in [4.69, 9.17) is 4.52 Å². The molecule has 2 amide bonds. The summed E-state index contributed by atoms with van der Waals surface area (Å²) in [4.78, 5) is 30.2. The second-order valence-electron chi connectivity index (χ2n) is 12.1. The minimum Gasteiger partial charge on any atom is -0.364 e. The van der Waals surface area contributed by atoms with Gasteiger partial charge in [0.15, 0.2) is 5.65 Å². The molecule has 238 valence electrons. The molecule has 3 atom stereocenters. The highest BCUT2D eigenvalue weighted by Crippen LogP contribution is 2.49. The third-order valence-electron chi connectivity index (χ3n) is 8.93. The summed E-state index contributed by atoms with van der Waals surface area (Å²) in [6.45, 7) is -0.472. The molecule has 2 aliphatic carbocycles. The molecule has 2 saturated carbocycles. The number of halogens is 7. The van der Waals surface area contributed by atoms with Gasteiger partial charge in [-0.05, 0) is 37.3 Å². The van der Waals surface area contributed by atoms with E-state index in [0.717, 1.165) is 6.26 Å². The van der Waals surface area contributed by atoms with Gasteiger partial charge in [0.1, 0.15) is 11.8 Å². The van der Waals surface area contributed by atoms with Gasteiger partial charge in [-0.25, -0.2) is 27.1 Å². The van der Waals surface area contributed by atoms with Crippen LogP contribution in [0.2, 0.25) is 0 Å². The molecule has 3 aromatic heterocycles. The van der Waals surface area contributed by atoms with Crippen molar-refractivity contribution in [2.45, 2.75) is 81.3 Å². The first-order valence-corrected chi connectivity index (χ1v) is 14.4. The average molecular weight is 631 g/mol. The number of aromatic nitrogens is 4. The monoisotopic (exact) mass is 630 g/mol. The highest BCUT2D eigenvalue weighted by atomic mass is 19.4. The van der Waals surface area contributed by atoms with Crippen LogP contribution >= 0.6 is 0 Å². The number of amides is 2. The lowest BCUT2D eigenvalue weighted by Crippen LogP contribution is -2.47. The number of imidazole rings is 1. The van der Waals surface area contributed by atoms with Gasteiger partial charge in [0.2, 0.25) is 17.8 Å². The van der Waals surface area contributed by atoms with Crippen LogP contribution in [0.3, 0.4) is 0 Å². The maximum absolute atomic E-state index is 14.0. The Balaban J connectivity index is 1.24. The van der Waals surface area contributed by atoms with Gasteiger partial charge in [-0.15, -0.1) is 0 Å². The van der Waals surface area contributed by atoms with Crippen LogP contribution < -0.4 is 10.6 Å². The second kappa shape index (κ2) is 11.0. The average Bonchev–Trinajstić information content (AvgIpc) is 3.58. The zero-order chi connectivity index (χ0) is 31.4. The molecule has 0 aromatic carbocycles. The lowest BCUT2D eigenvalue weighted by atomic mass is 9.78. The van der Waals surface area contributed by atoms with Gasteiger partial charge in [0.25, 0.3) is 5.91 Å². The van der Waals surface area contributed by atoms with Crippen molar-refractivity contribution in [2.75, 3.05) is 6.54 Å². The van der Waals surface area contributed by atoms with Crippen molar-refractivity contribution in [1.29, 1.82) is 0 Å². The smallest absolute Gasteiger partial charge is 0.364 e. The molecule has 4 heterocycles. The van der Waals surface area contributed by atoms with E-state index in [1.807, 2.05) is 0 Å². The molecular weight excluding hydrogens is 601 g/mol. The van der Waals surface area contributed by atoms with Crippen LogP contribution in [0.25, 0.3) is 5.65 Å². The molecule has 3 aliphatic rings. The van der Waals surface area contributed by atoms with Gasteiger partial charge in [0, 0.05) is 50.5 Å². The quantitative estimate of drug-likeness (QED) is 0.339. The summed E-state index contributed by atoms with van der Waals surface area (Å²) in [6, 6.07) is 2.26. The van der Waals surface area contributed by atoms with Crippen molar-refractivity contribution in [3.63, 3.8) is 0 Å². The highest BCUT2D eigenvalue weighted by molar-refractivity contribution is 5.95. The maximum atomic E-state index is 14.0. The zero-order valence-electron chi connectivity index (χ0n) is 23.2. The van der Waals surface area contributed by atoms with Gasteiger partial charge < -0.3 is 15.2 Å². The summed E-state index contributed by atoms with van der Waals surface area (Å²) < 4.78 is 101. The van der Waals surface area contributed by atoms with Crippen LogP contribution in [-0.2, 0) is 11.2 Å². The summed E-state index contributed by atoms with van der Waals surface area (Å²) in [5, 5.41) is 13.3. The fraction of sp³-hybridized carbons (Fsp3) is 0.607. The van der Waals surface area contributed by atoms with Gasteiger partial charge in [-0.2, -0.15) is 18.3 Å². The summed E-state index contributed by atoms with van der Waals surface area (Å²) in [7, 11) is 0. The largest absolute Gasteiger partial charge is 0.393 e. The molecule has 3 aromatic rings. The number of alkyl halides is 7. The first-order chi connectivity index (χ1) is 20.7. The second-order valence-corrected chi connectivity index (χ2v) is 12.1. The maximum Gasteiger partial charge on any atom is 0.393 e. The predicted molar refractivity (Wildman–Crippen MR) is 138 cm³/mol. The molecule has 9 nitrogen and oxygen atoms in total. The lowest BCUT2D eigenvalue weighted by molar-refractivity contribution is -0.183. The van der Waals surface area contributed by atoms with Crippen molar-refractivity contribution < 1.29 is 44.8 Å². The molecule has 1 aliphatic heterocycles. The van der Waals surface area contributed by atoms with E-state index >= 15 is 0 Å². The van der Waals surface area contributed by atoms with Crippen LogP contribution in [-0.4, -0.2) is 56.1 Å². The van der Waals surface area contributed by atoms with Crippen molar-refractivity contribution in [3.05, 3.63) is 47.2 Å². The van der Waals surface area contributed by atoms with E-state index in [-0.39, 0.29) is 36.9 Å². The number of fused-ring (bicyclic) bond motifs is 1. The minimum absolute atomic E-state index is 0.0243. The Morgan fingerprint density at radius 1 is 1.14 bits per heavy atom. The highest BCUT2D eigenvalue weighted by Gasteiger charge is 2.49. The molecule has 0 radical (unpaired) electrons. The van der Waals surface area contributed by atoms with E-state index in [2.05, 4.69) is 25.9 Å². The molecule has 2 N–H and O–H groups in total. The fourth-order valence-electron chi connectivity index (χ4n) is 6.39. The molecule has 3 fully saturated rings. The number of rotatable bonds is 7. The Morgan fingerprint density at radius 3 is 2.55 bits per heavy atom. The SMILES string of the molecule is O=C(NC(c1cn2nc(CC3C[C@@H](C(F)(F)F)CNC3=O)ccc2n1)C1CCC(F)(F)CC1)c1conc1C1CC(F)(F)C1. The number of piperidine rings is 1. The Kier molecular flexibility index (Phi) is 7.59. The number of carbonyl (C=O) groups excluding carboxylic acids is 2. The Hall–Kier alpha value is -3.72. The number of nitrogens with one attached hydrogen (secondary N) is 2. The van der Waals surface area contributed by atoms with Crippen molar-refractivity contribution in [3.8, 4) is 0 Å². The molecule has 44 heavy (non-hydrogen) atoms. The van der Waals surface area contributed by atoms with Gasteiger partial charge in [-0.3, -0.25) is 9.59 Å². The van der Waals surface area contributed by atoms with Crippen molar-refractivity contribution >= 4 is 17.5 Å². The van der Waals surface area contributed by atoms with E-state index in [1.165, 1.54) is 10.7 Å². The molecule has 16 heteroatoms. The standard InChI is InChI=1S/C28H29F7N6O3/c29-26(30)5-3-14(4-6-26)23(38-25(43)19-13-44-40-22(19)16-9-27(31,32)10-16)20-12-41-21(37-20)2-1-18(39-41)8-15-7-17(28(33,34)35)11-36-24(15)42/h1-2,12-17,23H,3-11H2,(H,36,42)(H,38,43)/t15?,17-,23?/m1/s1. The summed E-state index contributed by atoms with van der Waals surface area (Å²) in [6.07, 6.45) is -3.87. The van der Waals surface area contributed by atoms with Gasteiger partial charge >= 0.3 is 6.18 Å². The number of carbonyl (C=O) groups is 2. The summed E-state index contributed by atoms with van der Waals surface area (Å²) in [5.74, 6) is -10.6. The Morgan fingerprint density at radius 2 is 1.86 bits per heavy atom. The van der Waals surface area contributed by atoms with E-state index in [9.17, 15) is 40.3 Å². The van der Waals surface area contributed by atoms with Crippen molar-refractivity contribution in [2.24, 2.45) is 17.8 Å². The normalized spacial score (nSPS) is 24.9. The van der Waals surface area contributed by atoms with E-state index in [1.54, 1.807) is 12.1 Å².